The van der Waals surface area contributed by atoms with E-state index in [0.717, 1.165) is 5.96 Å². The van der Waals surface area contributed by atoms with Gasteiger partial charge in [0.25, 0.3) is 5.82 Å². The Bertz CT molecular complexity index is 585. The van der Waals surface area contributed by atoms with Crippen LogP contribution >= 0.6 is 0 Å². The molecule has 0 N–H and O–H groups in total. The van der Waals surface area contributed by atoms with Crippen molar-refractivity contribution in [2.75, 3.05) is 28.2 Å². The van der Waals surface area contributed by atoms with Gasteiger partial charge in [-0.2, -0.15) is 0 Å². The molecule has 22 heavy (non-hydrogen) atoms. The number of aromatic nitrogens is 1. The zero-order valence-corrected chi connectivity index (χ0v) is 12.4. The molecule has 2 rings (SSSR count). The highest BCUT2D eigenvalue weighted by atomic mass is 19.5. The summed E-state index contributed by atoms with van der Waals surface area (Å²) in [7, 11) is 1.59. The SMILES string of the molecule is CN(C)C(N(C)C)=[N+]1N=[N+]([O-])c2ncccc21.F[B-](F)(F)F. The Morgan fingerprint density at radius 3 is 2.09 bits per heavy atom. The van der Waals surface area contributed by atoms with Crippen LogP contribution in [0.5, 0.6) is 0 Å². The molecule has 0 saturated heterocycles. The predicted octanol–water partition coefficient (Wildman–Crippen LogP) is 2.03. The molecule has 7 nitrogen and oxygen atoms in total. The van der Waals surface area contributed by atoms with Crippen LogP contribution in [0.2, 0.25) is 0 Å². The first-order valence-corrected chi connectivity index (χ1v) is 6.05. The minimum Gasteiger partial charge on any atom is -0.689 e. The summed E-state index contributed by atoms with van der Waals surface area (Å²) < 4.78 is 40.6. The molecule has 1 aliphatic rings. The maximum Gasteiger partial charge on any atom is 0.673 e. The molecule has 0 atom stereocenters. The van der Waals surface area contributed by atoms with Crippen LogP contribution in [-0.4, -0.2) is 65.7 Å². The summed E-state index contributed by atoms with van der Waals surface area (Å²) in [5, 5.41) is 15.5. The van der Waals surface area contributed by atoms with E-state index in [1.54, 1.807) is 16.9 Å². The monoisotopic (exact) mass is 322 g/mol. The molecule has 0 bridgehead atoms. The molecule has 0 fully saturated rings. The van der Waals surface area contributed by atoms with E-state index in [0.29, 0.717) is 16.4 Å². The van der Waals surface area contributed by atoms with Gasteiger partial charge in [-0.1, -0.05) is 0 Å². The number of pyridine rings is 1. The number of hydrogen-bond donors (Lipinski definition) is 0. The minimum absolute atomic E-state index is 0.314. The lowest BCUT2D eigenvalue weighted by Gasteiger charge is -2.11. The molecule has 0 saturated carbocycles. The Balaban J connectivity index is 0.000000422. The van der Waals surface area contributed by atoms with Crippen molar-refractivity contribution in [1.82, 2.24) is 14.8 Å². The van der Waals surface area contributed by atoms with Gasteiger partial charge in [-0.15, -0.1) is 4.86 Å². The van der Waals surface area contributed by atoms with E-state index in [9.17, 15) is 22.5 Å². The highest BCUT2D eigenvalue weighted by molar-refractivity contribution is 6.50. The summed E-state index contributed by atoms with van der Waals surface area (Å²) in [6.07, 6.45) is 1.58. The smallest absolute Gasteiger partial charge is 0.673 e. The zero-order valence-electron chi connectivity index (χ0n) is 12.4. The van der Waals surface area contributed by atoms with Gasteiger partial charge in [0.05, 0.1) is 28.2 Å². The lowest BCUT2D eigenvalue weighted by Crippen LogP contribution is -2.40. The van der Waals surface area contributed by atoms with Crippen LogP contribution in [0.3, 0.4) is 0 Å². The molecule has 1 aliphatic heterocycles. The minimum atomic E-state index is -6.00. The van der Waals surface area contributed by atoms with E-state index in [2.05, 4.69) is 10.2 Å². The first kappa shape index (κ1) is 17.7. The summed E-state index contributed by atoms with van der Waals surface area (Å²) in [6, 6.07) is 3.60. The third kappa shape index (κ3) is 4.57. The summed E-state index contributed by atoms with van der Waals surface area (Å²) in [4.78, 5) is 8.33. The zero-order chi connectivity index (χ0) is 17.1. The maximum absolute atomic E-state index is 11.6. The quantitative estimate of drug-likeness (QED) is 0.241. The molecule has 12 heteroatoms. The molecular weight excluding hydrogens is 307 g/mol. The summed E-state index contributed by atoms with van der Waals surface area (Å²) in [5.74, 6) is 1.10. The number of halogens is 4. The fraction of sp³-hybridized carbons (Fsp3) is 0.400. The van der Waals surface area contributed by atoms with Crippen LogP contribution in [-0.2, 0) is 0 Å². The average Bonchev–Trinajstić information content (AvgIpc) is 2.65. The first-order valence-electron chi connectivity index (χ1n) is 6.05. The number of guanidine groups is 1. The summed E-state index contributed by atoms with van der Waals surface area (Å²) in [6.45, 7) is 0. The molecule has 2 heterocycles. The van der Waals surface area contributed by atoms with Crippen molar-refractivity contribution >= 4 is 24.7 Å². The Labute approximate surface area is 124 Å². The molecule has 122 valence electrons. The Hall–Kier alpha value is -2.40. The van der Waals surface area contributed by atoms with E-state index in [-0.39, 0.29) is 0 Å². The van der Waals surface area contributed by atoms with Crippen LogP contribution in [0.1, 0.15) is 0 Å². The van der Waals surface area contributed by atoms with Gasteiger partial charge in [0.1, 0.15) is 5.22 Å². The van der Waals surface area contributed by atoms with Gasteiger partial charge in [0.15, 0.2) is 0 Å². The Morgan fingerprint density at radius 1 is 1.14 bits per heavy atom. The molecular formula is C10H15BF4N6O. The number of rotatable bonds is 0. The third-order valence-electron chi connectivity index (χ3n) is 2.34. The Kier molecular flexibility index (Phi) is 5.28. The molecule has 0 aliphatic carbocycles. The van der Waals surface area contributed by atoms with Crippen LogP contribution in [0, 0.1) is 5.21 Å². The maximum atomic E-state index is 11.6. The lowest BCUT2D eigenvalue weighted by molar-refractivity contribution is -0.593. The van der Waals surface area contributed by atoms with Crippen molar-refractivity contribution in [3.8, 4) is 0 Å². The van der Waals surface area contributed by atoms with Gasteiger partial charge in [-0.3, -0.25) is 0 Å². The normalized spacial score (nSPS) is 12.9. The second kappa shape index (κ2) is 6.58. The Morgan fingerprint density at radius 2 is 1.64 bits per heavy atom. The van der Waals surface area contributed by atoms with E-state index < -0.39 is 7.25 Å². The van der Waals surface area contributed by atoms with Crippen molar-refractivity contribution in [1.29, 1.82) is 0 Å². The fourth-order valence-corrected chi connectivity index (χ4v) is 1.80. The van der Waals surface area contributed by atoms with Crippen molar-refractivity contribution in [3.05, 3.63) is 23.5 Å². The molecule has 1 aromatic heterocycles. The van der Waals surface area contributed by atoms with Gasteiger partial charge in [-0.05, 0) is 16.8 Å². The first-order chi connectivity index (χ1) is 10.0. The second-order valence-corrected chi connectivity index (χ2v) is 4.60. The van der Waals surface area contributed by atoms with Gasteiger partial charge < -0.3 is 22.5 Å². The molecule has 0 amide bonds. The highest BCUT2D eigenvalue weighted by Gasteiger charge is 2.34. The fourth-order valence-electron chi connectivity index (χ4n) is 1.80. The molecule has 0 spiro atoms. The van der Waals surface area contributed by atoms with Crippen LogP contribution < -0.4 is 0 Å². The van der Waals surface area contributed by atoms with Crippen molar-refractivity contribution in [3.63, 3.8) is 0 Å². The number of hydrogen-bond acceptors (Lipinski definition) is 3. The summed E-state index contributed by atoms with van der Waals surface area (Å²) in [5.41, 5.74) is 0.680. The van der Waals surface area contributed by atoms with Gasteiger partial charge >= 0.3 is 13.2 Å². The van der Waals surface area contributed by atoms with E-state index >= 15 is 0 Å². The summed E-state index contributed by atoms with van der Waals surface area (Å²) >= 11 is 0. The molecule has 0 aromatic carbocycles. The lowest BCUT2D eigenvalue weighted by atomic mass is 10.3. The van der Waals surface area contributed by atoms with E-state index in [4.69, 9.17) is 0 Å². The van der Waals surface area contributed by atoms with Crippen molar-refractivity contribution in [2.24, 2.45) is 5.22 Å². The van der Waals surface area contributed by atoms with Gasteiger partial charge in [-0.25, -0.2) is 14.8 Å². The largest absolute Gasteiger partial charge is 0.689 e. The third-order valence-corrected chi connectivity index (χ3v) is 2.34. The molecule has 0 radical (unpaired) electrons. The predicted molar refractivity (Wildman–Crippen MR) is 72.4 cm³/mol. The average molecular weight is 322 g/mol. The number of fused-ring (bicyclic) bond motifs is 1. The van der Waals surface area contributed by atoms with E-state index in [1.807, 2.05) is 44.1 Å². The second-order valence-electron chi connectivity index (χ2n) is 4.60. The van der Waals surface area contributed by atoms with Gasteiger partial charge in [0.2, 0.25) is 5.69 Å². The van der Waals surface area contributed by atoms with Crippen molar-refractivity contribution < 1.29 is 26.8 Å². The van der Waals surface area contributed by atoms with Gasteiger partial charge in [0, 0.05) is 6.20 Å². The van der Waals surface area contributed by atoms with Crippen LogP contribution in [0.4, 0.5) is 28.8 Å². The van der Waals surface area contributed by atoms with Crippen LogP contribution in [0.25, 0.3) is 0 Å². The van der Waals surface area contributed by atoms with Crippen LogP contribution in [0.15, 0.2) is 23.6 Å². The topological polar surface area (TPSA) is 60.8 Å². The molecule has 0 unspecified atom stereocenters. The number of nitrogens with zero attached hydrogens (tertiary/aromatic N) is 6. The van der Waals surface area contributed by atoms with Crippen molar-refractivity contribution in [2.45, 2.75) is 0 Å². The standard InChI is InChI=1S/C10H15N6O.BF4/c1-13(2)10(14(3)4)15-8-6-5-7-11-9(8)16(17)12-15;2-1(3,4)5/h5-7H,1-4H3;/q+1;-1. The van der Waals surface area contributed by atoms with E-state index in [1.165, 1.54) is 0 Å². The molecule has 1 aromatic rings. The highest BCUT2D eigenvalue weighted by Crippen LogP contribution is 2.30.